The Balaban J connectivity index is 1.67. The first-order valence-corrected chi connectivity index (χ1v) is 10.4. The van der Waals surface area contributed by atoms with E-state index in [1.165, 1.54) is 11.3 Å². The highest BCUT2D eigenvalue weighted by Gasteiger charge is 2.31. The molecule has 2 N–H and O–H groups in total. The summed E-state index contributed by atoms with van der Waals surface area (Å²) < 4.78 is 0.522. The summed E-state index contributed by atoms with van der Waals surface area (Å²) in [7, 11) is 0. The normalized spacial score (nSPS) is 14.9. The molecule has 0 spiro atoms. The SMILES string of the molecule is CCN1CCc2ncc(NC(=O)C(C)(C)NC(=O)c3ccc(Cl)s3)nc2CC1. The number of nitrogens with zero attached hydrogens (tertiary/aromatic N) is 3. The standard InChI is InChI=1S/C19H24ClN5O2S/c1-4-25-9-7-12-13(8-10-25)22-16(11-21-12)23-18(27)19(2,3)24-17(26)14-5-6-15(20)28-14/h5-6,11H,4,7-10H2,1-3H3,(H,24,26)(H,22,23,27). The van der Waals surface area contributed by atoms with Crippen molar-refractivity contribution in [2.75, 3.05) is 25.0 Å². The first-order valence-electron chi connectivity index (χ1n) is 9.25. The van der Waals surface area contributed by atoms with Crippen LogP contribution in [-0.4, -0.2) is 51.9 Å². The molecule has 0 unspecified atom stereocenters. The third-order valence-corrected chi connectivity index (χ3v) is 5.97. The lowest BCUT2D eigenvalue weighted by Crippen LogP contribution is -2.52. The number of carbonyl (C=O) groups is 2. The highest BCUT2D eigenvalue weighted by Crippen LogP contribution is 2.22. The van der Waals surface area contributed by atoms with E-state index in [0.29, 0.717) is 15.0 Å². The molecule has 0 aliphatic carbocycles. The lowest BCUT2D eigenvalue weighted by Gasteiger charge is -2.24. The van der Waals surface area contributed by atoms with Gasteiger partial charge in [0.25, 0.3) is 11.8 Å². The molecule has 3 heterocycles. The quantitative estimate of drug-likeness (QED) is 0.775. The highest BCUT2D eigenvalue weighted by molar-refractivity contribution is 7.18. The van der Waals surface area contributed by atoms with Crippen molar-refractivity contribution in [1.29, 1.82) is 0 Å². The van der Waals surface area contributed by atoms with Gasteiger partial charge in [-0.3, -0.25) is 14.6 Å². The summed E-state index contributed by atoms with van der Waals surface area (Å²) in [5.41, 5.74) is 0.779. The lowest BCUT2D eigenvalue weighted by atomic mass is 10.0. The number of rotatable bonds is 5. The number of hydrogen-bond acceptors (Lipinski definition) is 6. The van der Waals surface area contributed by atoms with Gasteiger partial charge in [0.05, 0.1) is 26.8 Å². The Morgan fingerprint density at radius 1 is 1.25 bits per heavy atom. The summed E-state index contributed by atoms with van der Waals surface area (Å²) in [6, 6.07) is 3.28. The van der Waals surface area contributed by atoms with Crippen molar-refractivity contribution in [2.24, 2.45) is 0 Å². The van der Waals surface area contributed by atoms with Crippen LogP contribution in [0.5, 0.6) is 0 Å². The largest absolute Gasteiger partial charge is 0.337 e. The molecule has 7 nitrogen and oxygen atoms in total. The van der Waals surface area contributed by atoms with Crippen LogP contribution in [0.2, 0.25) is 4.34 Å². The summed E-state index contributed by atoms with van der Waals surface area (Å²) >= 11 is 7.04. The highest BCUT2D eigenvalue weighted by atomic mass is 35.5. The van der Waals surface area contributed by atoms with Gasteiger partial charge in [-0.05, 0) is 32.5 Å². The third kappa shape index (κ3) is 4.87. The maximum Gasteiger partial charge on any atom is 0.262 e. The predicted molar refractivity (Wildman–Crippen MR) is 111 cm³/mol. The average Bonchev–Trinajstić information content (AvgIpc) is 2.98. The number of fused-ring (bicyclic) bond motifs is 1. The van der Waals surface area contributed by atoms with Gasteiger partial charge in [0.1, 0.15) is 5.54 Å². The molecule has 0 saturated carbocycles. The molecule has 1 aliphatic heterocycles. The van der Waals surface area contributed by atoms with Gasteiger partial charge in [0, 0.05) is 25.9 Å². The van der Waals surface area contributed by atoms with Crippen molar-refractivity contribution in [2.45, 2.75) is 39.2 Å². The van der Waals surface area contributed by atoms with Crippen LogP contribution in [0, 0.1) is 0 Å². The molecule has 150 valence electrons. The number of aromatic nitrogens is 2. The van der Waals surface area contributed by atoms with Crippen molar-refractivity contribution < 1.29 is 9.59 Å². The van der Waals surface area contributed by atoms with Gasteiger partial charge in [0.2, 0.25) is 0 Å². The van der Waals surface area contributed by atoms with E-state index in [1.807, 2.05) is 0 Å². The molecule has 0 bridgehead atoms. The van der Waals surface area contributed by atoms with Crippen LogP contribution < -0.4 is 10.6 Å². The van der Waals surface area contributed by atoms with Gasteiger partial charge in [-0.1, -0.05) is 18.5 Å². The average molecular weight is 422 g/mol. The summed E-state index contributed by atoms with van der Waals surface area (Å²) in [6.07, 6.45) is 3.24. The second kappa shape index (κ2) is 8.55. The molecule has 28 heavy (non-hydrogen) atoms. The van der Waals surface area contributed by atoms with E-state index in [2.05, 4.69) is 32.4 Å². The van der Waals surface area contributed by atoms with Crippen LogP contribution in [0.25, 0.3) is 0 Å². The van der Waals surface area contributed by atoms with Crippen LogP contribution in [0.4, 0.5) is 5.82 Å². The van der Waals surface area contributed by atoms with Crippen molar-refractivity contribution in [1.82, 2.24) is 20.2 Å². The number of hydrogen-bond donors (Lipinski definition) is 2. The minimum absolute atomic E-state index is 0.343. The second-order valence-corrected chi connectivity index (χ2v) is 8.93. The van der Waals surface area contributed by atoms with Crippen LogP contribution in [-0.2, 0) is 17.6 Å². The van der Waals surface area contributed by atoms with Crippen molar-refractivity contribution in [3.63, 3.8) is 0 Å². The summed E-state index contributed by atoms with van der Waals surface area (Å²) in [4.78, 5) is 37.0. The molecular weight excluding hydrogens is 398 g/mol. The smallest absolute Gasteiger partial charge is 0.262 e. The molecule has 2 aromatic rings. The first kappa shape index (κ1) is 20.7. The molecule has 2 aromatic heterocycles. The molecule has 0 atom stereocenters. The minimum atomic E-state index is -1.12. The van der Waals surface area contributed by atoms with Gasteiger partial charge in [-0.25, -0.2) is 4.98 Å². The molecule has 0 fully saturated rings. The van der Waals surface area contributed by atoms with E-state index in [9.17, 15) is 9.59 Å². The molecule has 2 amide bonds. The van der Waals surface area contributed by atoms with E-state index < -0.39 is 5.54 Å². The van der Waals surface area contributed by atoms with Crippen LogP contribution in [0.3, 0.4) is 0 Å². The Morgan fingerprint density at radius 3 is 2.61 bits per heavy atom. The van der Waals surface area contributed by atoms with E-state index in [4.69, 9.17) is 11.6 Å². The molecule has 0 saturated heterocycles. The number of carbonyl (C=O) groups excluding carboxylic acids is 2. The minimum Gasteiger partial charge on any atom is -0.337 e. The molecule has 9 heteroatoms. The number of halogens is 1. The summed E-state index contributed by atoms with van der Waals surface area (Å²) in [5, 5.41) is 5.51. The van der Waals surface area contributed by atoms with Gasteiger partial charge >= 0.3 is 0 Å². The van der Waals surface area contributed by atoms with Gasteiger partial charge in [-0.15, -0.1) is 11.3 Å². The number of amides is 2. The summed E-state index contributed by atoms with van der Waals surface area (Å²) in [6.45, 7) is 8.33. The van der Waals surface area contributed by atoms with E-state index >= 15 is 0 Å². The number of likely N-dealkylation sites (N-methyl/N-ethyl adjacent to an activating group) is 1. The zero-order valence-corrected chi connectivity index (χ0v) is 17.8. The zero-order valence-electron chi connectivity index (χ0n) is 16.2. The first-order chi connectivity index (χ1) is 13.3. The predicted octanol–water partition coefficient (Wildman–Crippen LogP) is 2.76. The molecule has 3 rings (SSSR count). The summed E-state index contributed by atoms with van der Waals surface area (Å²) in [5.74, 6) is -0.304. The van der Waals surface area contributed by atoms with Crippen LogP contribution in [0.15, 0.2) is 18.3 Å². The Hall–Kier alpha value is -2.03. The fourth-order valence-electron chi connectivity index (χ4n) is 2.99. The maximum atomic E-state index is 12.7. The van der Waals surface area contributed by atoms with Crippen LogP contribution >= 0.6 is 22.9 Å². The zero-order chi connectivity index (χ0) is 20.3. The Morgan fingerprint density at radius 2 is 1.96 bits per heavy atom. The van der Waals surface area contributed by atoms with Crippen LogP contribution in [0.1, 0.15) is 41.8 Å². The fraction of sp³-hybridized carbons (Fsp3) is 0.474. The van der Waals surface area contributed by atoms with Gasteiger partial charge < -0.3 is 15.5 Å². The fourth-order valence-corrected chi connectivity index (χ4v) is 3.93. The lowest BCUT2D eigenvalue weighted by molar-refractivity contribution is -0.121. The van der Waals surface area contributed by atoms with E-state index in [0.717, 1.165) is 43.9 Å². The molecule has 0 radical (unpaired) electrons. The Labute approximate surface area is 173 Å². The maximum absolute atomic E-state index is 12.7. The van der Waals surface area contributed by atoms with Crippen molar-refractivity contribution in [3.8, 4) is 0 Å². The van der Waals surface area contributed by atoms with Gasteiger partial charge in [0.15, 0.2) is 5.82 Å². The monoisotopic (exact) mass is 421 g/mol. The number of anilines is 1. The Bertz CT molecular complexity index is 883. The molecule has 0 aromatic carbocycles. The number of nitrogens with one attached hydrogen (secondary N) is 2. The van der Waals surface area contributed by atoms with Crippen molar-refractivity contribution in [3.05, 3.63) is 38.9 Å². The van der Waals surface area contributed by atoms with Gasteiger partial charge in [-0.2, -0.15) is 0 Å². The van der Waals surface area contributed by atoms with E-state index in [1.54, 1.807) is 32.2 Å². The second-order valence-electron chi connectivity index (χ2n) is 7.22. The molecule has 1 aliphatic rings. The van der Waals surface area contributed by atoms with E-state index in [-0.39, 0.29) is 11.8 Å². The molecular formula is C19H24ClN5O2S. The van der Waals surface area contributed by atoms with Crippen molar-refractivity contribution >= 4 is 40.6 Å². The topological polar surface area (TPSA) is 87.2 Å². The Kier molecular flexibility index (Phi) is 6.32. The third-order valence-electron chi connectivity index (χ3n) is 4.74. The number of thiophene rings is 1.